The second-order valence-corrected chi connectivity index (χ2v) is 17.7. The van der Waals surface area contributed by atoms with E-state index in [0.29, 0.717) is 12.8 Å². The van der Waals surface area contributed by atoms with Crippen molar-refractivity contribution in [2.24, 2.45) is 0 Å². The van der Waals surface area contributed by atoms with Gasteiger partial charge in [-0.25, -0.2) is 4.57 Å². The van der Waals surface area contributed by atoms with Gasteiger partial charge in [-0.3, -0.25) is 18.6 Å². The first-order chi connectivity index (χ1) is 27.9. The Balaban J connectivity index is 2.45. The minimum Gasteiger partial charge on any atom is -0.462 e. The van der Waals surface area contributed by atoms with Crippen LogP contribution in [0.25, 0.3) is 0 Å². The predicted octanol–water partition coefficient (Wildman–Crippen LogP) is 8.67. The number of unbranched alkanes of at least 4 members (excludes halogenated alkanes) is 24. The van der Waals surface area contributed by atoms with E-state index in [-0.39, 0.29) is 12.8 Å². The monoisotopic (exact) mass is 851 g/mol. The van der Waals surface area contributed by atoms with Gasteiger partial charge in [-0.15, -0.1) is 0 Å². The number of rotatable bonds is 38. The molecule has 1 saturated carbocycles. The van der Waals surface area contributed by atoms with Crippen molar-refractivity contribution in [1.29, 1.82) is 0 Å². The van der Waals surface area contributed by atoms with E-state index in [9.17, 15) is 44.6 Å². The van der Waals surface area contributed by atoms with Gasteiger partial charge in [0, 0.05) is 12.8 Å². The summed E-state index contributed by atoms with van der Waals surface area (Å²) in [7, 11) is -5.11. The van der Waals surface area contributed by atoms with Gasteiger partial charge in [0.05, 0.1) is 6.61 Å². The quantitative estimate of drug-likeness (QED) is 0.0149. The van der Waals surface area contributed by atoms with Crippen LogP contribution in [0.2, 0.25) is 0 Å². The second-order valence-electron chi connectivity index (χ2n) is 16.3. The summed E-state index contributed by atoms with van der Waals surface area (Å²) in [6.07, 6.45) is 22.7. The molecule has 0 bridgehead atoms. The summed E-state index contributed by atoms with van der Waals surface area (Å²) in [5.41, 5.74) is 0. The molecule has 1 fully saturated rings. The number of phosphoric ester groups is 1. The van der Waals surface area contributed by atoms with Crippen LogP contribution in [0.3, 0.4) is 0 Å². The third-order valence-corrected chi connectivity index (χ3v) is 11.8. The topological polar surface area (TPSA) is 210 Å². The van der Waals surface area contributed by atoms with Crippen LogP contribution < -0.4 is 0 Å². The van der Waals surface area contributed by atoms with Crippen molar-refractivity contribution < 1.29 is 63.1 Å². The first-order valence-electron chi connectivity index (χ1n) is 23.0. The molecule has 1 aliphatic rings. The average molecular weight is 851 g/mol. The van der Waals surface area contributed by atoms with E-state index in [0.717, 1.165) is 51.4 Å². The van der Waals surface area contributed by atoms with Gasteiger partial charge in [0.25, 0.3) is 0 Å². The number of phosphoric acid groups is 1. The maximum atomic E-state index is 12.8. The van der Waals surface area contributed by atoms with Crippen molar-refractivity contribution in [2.45, 2.75) is 243 Å². The van der Waals surface area contributed by atoms with Gasteiger partial charge in [-0.1, -0.05) is 161 Å². The third kappa shape index (κ3) is 27.4. The van der Waals surface area contributed by atoms with E-state index >= 15 is 0 Å². The number of carbonyl (C=O) groups excluding carboxylic acids is 2. The normalized spacial score (nSPS) is 22.6. The molecule has 1 aliphatic carbocycles. The molecule has 58 heavy (non-hydrogen) atoms. The second kappa shape index (κ2) is 35.2. The van der Waals surface area contributed by atoms with E-state index in [1.54, 1.807) is 0 Å². The van der Waals surface area contributed by atoms with Crippen LogP contribution in [0.15, 0.2) is 12.2 Å². The molecule has 1 rings (SSSR count). The lowest BCUT2D eigenvalue weighted by molar-refractivity contribution is -0.220. The Bertz CT molecular complexity index is 1080. The minimum absolute atomic E-state index is 0.0958. The Morgan fingerprint density at radius 2 is 0.879 bits per heavy atom. The Morgan fingerprint density at radius 3 is 1.31 bits per heavy atom. The number of ether oxygens (including phenoxy) is 2. The standard InChI is InChI=1S/C44H83O13P/c1-3-5-7-9-11-13-15-17-18-19-20-21-23-25-27-29-31-33-38(46)56-36(34-54-37(45)32-30-28-26-24-22-16-14-12-10-8-6-4-2)35-55-58(52,53)57-44-42(50)40(48)39(47)41(49)43(44)51/h17-18,36,39-44,47-51H,3-16,19-35H2,1-2H3,(H,52,53)/b18-17-/t36-,39?,40-,41?,42?,43?,44?/m1/s1. The van der Waals surface area contributed by atoms with Crippen LogP contribution in [0.4, 0.5) is 0 Å². The fraction of sp³-hybridized carbons (Fsp3) is 0.909. The lowest BCUT2D eigenvalue weighted by Crippen LogP contribution is -2.64. The van der Waals surface area contributed by atoms with Gasteiger partial charge in [0.2, 0.25) is 0 Å². The summed E-state index contributed by atoms with van der Waals surface area (Å²) >= 11 is 0. The van der Waals surface area contributed by atoms with Crippen LogP contribution in [0.1, 0.15) is 200 Å². The molecule has 342 valence electrons. The van der Waals surface area contributed by atoms with Crippen molar-refractivity contribution >= 4 is 19.8 Å². The zero-order chi connectivity index (χ0) is 42.9. The smallest absolute Gasteiger partial charge is 0.462 e. The summed E-state index contributed by atoms with van der Waals surface area (Å²) in [5.74, 6) is -1.10. The number of hydrogen-bond donors (Lipinski definition) is 6. The number of hydrogen-bond acceptors (Lipinski definition) is 12. The summed E-state index contributed by atoms with van der Waals surface area (Å²) in [6, 6.07) is 0. The van der Waals surface area contributed by atoms with Crippen molar-refractivity contribution in [1.82, 2.24) is 0 Å². The van der Waals surface area contributed by atoms with Crippen molar-refractivity contribution in [3.63, 3.8) is 0 Å². The molecule has 6 unspecified atom stereocenters. The summed E-state index contributed by atoms with van der Waals surface area (Å²) in [6.45, 7) is 3.29. The Hall–Kier alpha value is -1.41. The fourth-order valence-corrected chi connectivity index (χ4v) is 8.08. The highest BCUT2D eigenvalue weighted by atomic mass is 31.2. The number of allylic oxidation sites excluding steroid dienone is 2. The third-order valence-electron chi connectivity index (χ3n) is 10.9. The van der Waals surface area contributed by atoms with Crippen LogP contribution in [0, 0.1) is 0 Å². The van der Waals surface area contributed by atoms with E-state index in [4.69, 9.17) is 18.5 Å². The molecule has 13 nitrogen and oxygen atoms in total. The molecular formula is C44H83O13P. The average Bonchev–Trinajstić information content (AvgIpc) is 3.20. The lowest BCUT2D eigenvalue weighted by atomic mass is 9.85. The maximum Gasteiger partial charge on any atom is 0.472 e. The molecule has 0 aromatic heterocycles. The van der Waals surface area contributed by atoms with E-state index in [2.05, 4.69) is 26.0 Å². The number of aliphatic hydroxyl groups excluding tert-OH is 5. The zero-order valence-electron chi connectivity index (χ0n) is 36.1. The molecule has 0 spiro atoms. The van der Waals surface area contributed by atoms with Crippen LogP contribution >= 0.6 is 7.82 Å². The Morgan fingerprint density at radius 1 is 0.517 bits per heavy atom. The molecule has 0 heterocycles. The lowest BCUT2D eigenvalue weighted by Gasteiger charge is -2.41. The molecule has 0 radical (unpaired) electrons. The van der Waals surface area contributed by atoms with E-state index in [1.165, 1.54) is 109 Å². The van der Waals surface area contributed by atoms with Crippen LogP contribution in [0.5, 0.6) is 0 Å². The van der Waals surface area contributed by atoms with E-state index < -0.39 is 75.7 Å². The van der Waals surface area contributed by atoms with Crippen molar-refractivity contribution in [3.05, 3.63) is 12.2 Å². The molecule has 0 aromatic rings. The molecular weight excluding hydrogens is 767 g/mol. The van der Waals surface area contributed by atoms with Crippen LogP contribution in [-0.4, -0.2) is 98.3 Å². The molecule has 0 saturated heterocycles. The van der Waals surface area contributed by atoms with Gasteiger partial charge < -0.3 is 39.9 Å². The summed E-state index contributed by atoms with van der Waals surface area (Å²) in [4.78, 5) is 35.6. The summed E-state index contributed by atoms with van der Waals surface area (Å²) < 4.78 is 33.5. The van der Waals surface area contributed by atoms with Crippen molar-refractivity contribution in [3.8, 4) is 0 Å². The van der Waals surface area contributed by atoms with E-state index in [1.807, 2.05) is 0 Å². The molecule has 8 atom stereocenters. The number of aliphatic hydroxyl groups is 5. The van der Waals surface area contributed by atoms with Gasteiger partial charge in [0.15, 0.2) is 6.10 Å². The largest absolute Gasteiger partial charge is 0.472 e. The molecule has 0 amide bonds. The summed E-state index contributed by atoms with van der Waals surface area (Å²) in [5, 5.41) is 50.1. The first kappa shape index (κ1) is 54.6. The maximum absolute atomic E-state index is 12.8. The fourth-order valence-electron chi connectivity index (χ4n) is 7.11. The number of esters is 2. The first-order valence-corrected chi connectivity index (χ1v) is 24.5. The zero-order valence-corrected chi connectivity index (χ0v) is 37.0. The number of carbonyl (C=O) groups is 2. The molecule has 14 heteroatoms. The predicted molar refractivity (Wildman–Crippen MR) is 226 cm³/mol. The minimum atomic E-state index is -5.11. The molecule has 0 aromatic carbocycles. The van der Waals surface area contributed by atoms with Crippen LogP contribution in [-0.2, 0) is 32.7 Å². The highest BCUT2D eigenvalue weighted by molar-refractivity contribution is 7.47. The molecule has 6 N–H and O–H groups in total. The van der Waals surface area contributed by atoms with Gasteiger partial charge >= 0.3 is 19.8 Å². The van der Waals surface area contributed by atoms with Gasteiger partial charge in [0.1, 0.15) is 43.2 Å². The highest BCUT2D eigenvalue weighted by Gasteiger charge is 2.51. The SMILES string of the molecule is CCCCCCCC/C=C\CCCCCCCCCC(=O)O[C@H](COC(=O)CCCCCCCCCCCCCC)COP(=O)(O)OC1C(O)C(O)C(O)[C@@H](O)C1O. The van der Waals surface area contributed by atoms with Crippen molar-refractivity contribution in [2.75, 3.05) is 13.2 Å². The highest BCUT2D eigenvalue weighted by Crippen LogP contribution is 2.47. The van der Waals surface area contributed by atoms with Gasteiger partial charge in [-0.2, -0.15) is 0 Å². The molecule has 0 aliphatic heterocycles. The Labute approximate surface area is 350 Å². The Kier molecular flexibility index (Phi) is 33.2. The van der Waals surface area contributed by atoms with Gasteiger partial charge in [-0.05, 0) is 38.5 Å².